The van der Waals surface area contributed by atoms with Gasteiger partial charge in [0.25, 0.3) is 5.91 Å². The van der Waals surface area contributed by atoms with E-state index in [0.717, 1.165) is 47.1 Å². The number of pyridine rings is 1. The fourth-order valence-electron chi connectivity index (χ4n) is 3.19. The van der Waals surface area contributed by atoms with Crippen LogP contribution < -0.4 is 16.0 Å². The molecule has 0 radical (unpaired) electrons. The molecule has 3 aromatic heterocycles. The molecule has 168 valence electrons. The average molecular weight is 461 g/mol. The highest BCUT2D eigenvalue weighted by Gasteiger charge is 2.15. The fourth-order valence-corrected chi connectivity index (χ4v) is 3.79. The molecular weight excluding hydrogens is 436 g/mol. The molecule has 0 aliphatic heterocycles. The van der Waals surface area contributed by atoms with Gasteiger partial charge in [-0.15, -0.1) is 5.10 Å². The van der Waals surface area contributed by atoms with Gasteiger partial charge >= 0.3 is 0 Å². The van der Waals surface area contributed by atoms with Crippen molar-refractivity contribution in [2.75, 3.05) is 16.0 Å². The van der Waals surface area contributed by atoms with Crippen LogP contribution in [0.2, 0.25) is 0 Å². The van der Waals surface area contributed by atoms with Crippen molar-refractivity contribution in [1.82, 2.24) is 24.5 Å². The predicted octanol–water partition coefficient (Wildman–Crippen LogP) is 5.03. The number of carbonyl (C=O) groups excluding carboxylic acids is 1. The van der Waals surface area contributed by atoms with Crippen molar-refractivity contribution in [1.29, 1.82) is 0 Å². The molecule has 9 nitrogen and oxygen atoms in total. The van der Waals surface area contributed by atoms with Gasteiger partial charge < -0.3 is 16.0 Å². The Labute approximate surface area is 195 Å². The Balaban J connectivity index is 1.43. The summed E-state index contributed by atoms with van der Waals surface area (Å²) in [5, 5.41) is 13.4. The summed E-state index contributed by atoms with van der Waals surface area (Å²) >= 11 is 1.12. The number of rotatable bonds is 8. The van der Waals surface area contributed by atoms with E-state index in [4.69, 9.17) is 0 Å². The van der Waals surface area contributed by atoms with Crippen molar-refractivity contribution >= 4 is 46.3 Å². The normalized spacial score (nSPS) is 10.6. The molecule has 1 aromatic carbocycles. The van der Waals surface area contributed by atoms with Crippen LogP contribution in [0.25, 0.3) is 0 Å². The molecule has 10 heteroatoms. The maximum atomic E-state index is 12.6. The van der Waals surface area contributed by atoms with Crippen LogP contribution in [-0.2, 0) is 6.42 Å². The van der Waals surface area contributed by atoms with E-state index in [2.05, 4.69) is 40.5 Å². The van der Waals surface area contributed by atoms with Crippen LogP contribution in [-0.4, -0.2) is 30.4 Å². The van der Waals surface area contributed by atoms with Crippen molar-refractivity contribution in [3.8, 4) is 0 Å². The number of hydrogen-bond acceptors (Lipinski definition) is 9. The molecule has 0 bridgehead atoms. The van der Waals surface area contributed by atoms with Gasteiger partial charge in [-0.1, -0.05) is 17.8 Å². The quantitative estimate of drug-likeness (QED) is 0.335. The van der Waals surface area contributed by atoms with Crippen molar-refractivity contribution in [2.24, 2.45) is 0 Å². The lowest BCUT2D eigenvalue weighted by molar-refractivity contribution is 0.102. The van der Waals surface area contributed by atoms with Gasteiger partial charge in [-0.3, -0.25) is 4.79 Å². The Hall–Kier alpha value is -3.92. The minimum atomic E-state index is -0.193. The van der Waals surface area contributed by atoms with E-state index in [1.807, 2.05) is 63.2 Å². The van der Waals surface area contributed by atoms with Gasteiger partial charge in [0, 0.05) is 23.6 Å². The van der Waals surface area contributed by atoms with Crippen molar-refractivity contribution < 1.29 is 4.79 Å². The molecule has 0 fully saturated rings. The van der Waals surface area contributed by atoms with Gasteiger partial charge in [0.05, 0.1) is 5.69 Å². The Morgan fingerprint density at radius 3 is 2.39 bits per heavy atom. The minimum Gasteiger partial charge on any atom is -0.340 e. The zero-order valence-electron chi connectivity index (χ0n) is 18.6. The average Bonchev–Trinajstić information content (AvgIpc) is 3.23. The second-order valence-electron chi connectivity index (χ2n) is 7.48. The molecule has 33 heavy (non-hydrogen) atoms. The molecule has 3 N–H and O–H groups in total. The molecule has 3 heterocycles. The zero-order valence-corrected chi connectivity index (χ0v) is 19.4. The van der Waals surface area contributed by atoms with Crippen LogP contribution in [0.4, 0.5) is 28.8 Å². The van der Waals surface area contributed by atoms with E-state index in [1.165, 1.54) is 0 Å². The highest BCUT2D eigenvalue weighted by Crippen LogP contribution is 2.22. The van der Waals surface area contributed by atoms with Crippen molar-refractivity contribution in [2.45, 2.75) is 33.6 Å². The summed E-state index contributed by atoms with van der Waals surface area (Å²) in [6.07, 6.45) is 3.39. The zero-order chi connectivity index (χ0) is 23.2. The molecule has 0 saturated carbocycles. The van der Waals surface area contributed by atoms with E-state index >= 15 is 0 Å². The molecule has 0 unspecified atom stereocenters. The third-order valence-corrected chi connectivity index (χ3v) is 5.44. The smallest absolute Gasteiger partial charge is 0.269 e. The number of benzene rings is 1. The number of hydrogen-bond donors (Lipinski definition) is 3. The molecule has 4 aromatic rings. The second-order valence-corrected chi connectivity index (χ2v) is 8.24. The van der Waals surface area contributed by atoms with Gasteiger partial charge in [0.2, 0.25) is 0 Å². The topological polar surface area (TPSA) is 118 Å². The molecular formula is C23H24N8OS. The van der Waals surface area contributed by atoms with Crippen LogP contribution in [0.5, 0.6) is 0 Å². The molecule has 0 saturated heterocycles. The van der Waals surface area contributed by atoms with Gasteiger partial charge in [-0.05, 0) is 73.8 Å². The molecule has 0 spiro atoms. The van der Waals surface area contributed by atoms with Crippen LogP contribution in [0.3, 0.4) is 0 Å². The molecule has 0 atom stereocenters. The van der Waals surface area contributed by atoms with Gasteiger partial charge in [-0.2, -0.15) is 0 Å². The van der Waals surface area contributed by atoms with Crippen molar-refractivity contribution in [3.63, 3.8) is 0 Å². The third-order valence-electron chi connectivity index (χ3n) is 4.67. The lowest BCUT2D eigenvalue weighted by atomic mass is 10.2. The molecule has 4 rings (SSSR count). The van der Waals surface area contributed by atoms with Crippen LogP contribution in [0.1, 0.15) is 40.1 Å². The number of carbonyl (C=O) groups is 1. The van der Waals surface area contributed by atoms with Crippen molar-refractivity contribution in [3.05, 3.63) is 70.6 Å². The van der Waals surface area contributed by atoms with Crippen LogP contribution in [0, 0.1) is 13.8 Å². The Morgan fingerprint density at radius 1 is 0.939 bits per heavy atom. The first-order chi connectivity index (χ1) is 16.0. The van der Waals surface area contributed by atoms with E-state index in [1.54, 1.807) is 6.20 Å². The summed E-state index contributed by atoms with van der Waals surface area (Å²) in [4.78, 5) is 26.3. The number of aryl methyl sites for hydroxylation is 3. The summed E-state index contributed by atoms with van der Waals surface area (Å²) in [5.74, 6) is 2.45. The Kier molecular flexibility index (Phi) is 6.84. The molecule has 1 amide bonds. The highest BCUT2D eigenvalue weighted by atomic mass is 32.1. The van der Waals surface area contributed by atoms with Gasteiger partial charge in [0.15, 0.2) is 0 Å². The van der Waals surface area contributed by atoms with Gasteiger partial charge in [-0.25, -0.2) is 15.0 Å². The van der Waals surface area contributed by atoms with E-state index in [9.17, 15) is 4.79 Å². The lowest BCUT2D eigenvalue weighted by Gasteiger charge is -2.11. The fraction of sp³-hybridized carbons (Fsp3) is 0.217. The minimum absolute atomic E-state index is 0.193. The summed E-state index contributed by atoms with van der Waals surface area (Å²) in [7, 11) is 0. The SMILES string of the molecule is CCCc1nnsc1C(=O)Nc1ccc(Nc2cc(Nc3cc(C)ccn3)nc(C)n2)cc1. The first kappa shape index (κ1) is 22.3. The van der Waals surface area contributed by atoms with E-state index < -0.39 is 0 Å². The predicted molar refractivity (Wildman–Crippen MR) is 131 cm³/mol. The van der Waals surface area contributed by atoms with Gasteiger partial charge in [0.1, 0.15) is 28.2 Å². The summed E-state index contributed by atoms with van der Waals surface area (Å²) in [6.45, 7) is 5.89. The monoisotopic (exact) mass is 460 g/mol. The summed E-state index contributed by atoms with van der Waals surface area (Å²) in [5.41, 5.74) is 3.37. The lowest BCUT2D eigenvalue weighted by Crippen LogP contribution is -2.12. The maximum Gasteiger partial charge on any atom is 0.269 e. The highest BCUT2D eigenvalue weighted by molar-refractivity contribution is 7.08. The van der Waals surface area contributed by atoms with E-state index in [0.29, 0.717) is 28.0 Å². The summed E-state index contributed by atoms with van der Waals surface area (Å²) < 4.78 is 3.91. The number of anilines is 5. The Morgan fingerprint density at radius 2 is 1.67 bits per heavy atom. The molecule has 0 aliphatic rings. The second kappa shape index (κ2) is 10.1. The van der Waals surface area contributed by atoms with Crippen LogP contribution >= 0.6 is 11.5 Å². The van der Waals surface area contributed by atoms with E-state index in [-0.39, 0.29) is 5.91 Å². The number of amides is 1. The number of aromatic nitrogens is 5. The van der Waals surface area contributed by atoms with Crippen LogP contribution in [0.15, 0.2) is 48.7 Å². The number of nitrogens with zero attached hydrogens (tertiary/aromatic N) is 5. The molecule has 0 aliphatic carbocycles. The largest absolute Gasteiger partial charge is 0.340 e. The first-order valence-electron chi connectivity index (χ1n) is 10.5. The first-order valence-corrected chi connectivity index (χ1v) is 11.3. The maximum absolute atomic E-state index is 12.6. The number of nitrogens with one attached hydrogen (secondary N) is 3. The standard InChI is InChI=1S/C23H24N8OS/c1-4-5-18-22(33-31-30-18)23(32)28-17-8-6-16(7-9-17)27-20-13-21(26-15(3)25-20)29-19-12-14(2)10-11-24-19/h6-13H,4-5H2,1-3H3,(H,28,32)(H2,24,25,26,27,29). The Bertz CT molecular complexity index is 1260. The third kappa shape index (κ3) is 5.86. The summed E-state index contributed by atoms with van der Waals surface area (Å²) in [6, 6.07) is 13.1.